The van der Waals surface area contributed by atoms with Crippen LogP contribution in [0.1, 0.15) is 48.9 Å². The van der Waals surface area contributed by atoms with Gasteiger partial charge >= 0.3 is 5.97 Å². The van der Waals surface area contributed by atoms with Gasteiger partial charge in [0, 0.05) is 38.1 Å². The summed E-state index contributed by atoms with van der Waals surface area (Å²) in [5.41, 5.74) is 5.21. The van der Waals surface area contributed by atoms with Crippen LogP contribution in [-0.2, 0) is 28.5 Å². The lowest BCUT2D eigenvalue weighted by molar-refractivity contribution is -0.137. The van der Waals surface area contributed by atoms with Gasteiger partial charge in [-0.25, -0.2) is 0 Å². The zero-order valence-corrected chi connectivity index (χ0v) is 22.3. The number of aryl methyl sites for hydroxylation is 2. The summed E-state index contributed by atoms with van der Waals surface area (Å²) in [6, 6.07) is 25.4. The number of nitriles is 1. The Morgan fingerprint density at radius 3 is 2.12 bits per heavy atom. The number of benzene rings is 2. The minimum atomic E-state index is -0.893. The number of imide groups is 1. The van der Waals surface area contributed by atoms with Gasteiger partial charge in [0.2, 0.25) is 11.8 Å². The third kappa shape index (κ3) is 6.69. The van der Waals surface area contributed by atoms with Gasteiger partial charge in [0.25, 0.3) is 0 Å². The topological polar surface area (TPSA) is 143 Å². The lowest BCUT2D eigenvalue weighted by Gasteiger charge is -2.20. The van der Waals surface area contributed by atoms with Crippen molar-refractivity contribution in [3.05, 3.63) is 84.2 Å². The molecule has 1 aliphatic rings. The van der Waals surface area contributed by atoms with Crippen molar-refractivity contribution in [1.82, 2.24) is 24.9 Å². The molecule has 1 fully saturated rings. The predicted octanol–water partition coefficient (Wildman–Crippen LogP) is 4.17. The number of amides is 2. The highest BCUT2D eigenvalue weighted by molar-refractivity contribution is 6.00. The molecule has 2 atom stereocenters. The lowest BCUT2D eigenvalue weighted by atomic mass is 9.94. The molecule has 2 aromatic heterocycles. The SMILES string of the molecule is Cn1nc(-c2ccccc2)cc1C(C#N)CCC(=O)O.Cn1nc(-c2ccccc2)cc1C1CCC(=O)NC1=O. The number of rotatable bonds is 7. The van der Waals surface area contributed by atoms with E-state index >= 15 is 0 Å². The monoisotopic (exact) mass is 538 g/mol. The number of carboxylic acids is 1. The highest BCUT2D eigenvalue weighted by Crippen LogP contribution is 2.28. The van der Waals surface area contributed by atoms with E-state index in [0.29, 0.717) is 19.3 Å². The van der Waals surface area contributed by atoms with Crippen molar-refractivity contribution in [2.45, 2.75) is 37.5 Å². The fraction of sp³-hybridized carbons (Fsp3) is 0.267. The molecular formula is C30H30N6O4. The van der Waals surface area contributed by atoms with Crippen molar-refractivity contribution in [3.8, 4) is 28.6 Å². The van der Waals surface area contributed by atoms with Crippen LogP contribution >= 0.6 is 0 Å². The van der Waals surface area contributed by atoms with Gasteiger partial charge in [-0.1, -0.05) is 60.7 Å². The number of hydrogen-bond donors (Lipinski definition) is 2. The summed E-state index contributed by atoms with van der Waals surface area (Å²) in [6.07, 6.45) is 1.18. The number of nitrogens with one attached hydrogen (secondary N) is 1. The van der Waals surface area contributed by atoms with E-state index in [1.165, 1.54) is 0 Å². The molecule has 2 N–H and O–H groups in total. The van der Waals surface area contributed by atoms with Crippen molar-refractivity contribution in [3.63, 3.8) is 0 Å². The van der Waals surface area contributed by atoms with E-state index in [2.05, 4.69) is 21.6 Å². The zero-order valence-electron chi connectivity index (χ0n) is 22.3. The average Bonchev–Trinajstić information content (AvgIpc) is 3.53. The number of carbonyl (C=O) groups excluding carboxylic acids is 2. The molecule has 2 aromatic carbocycles. The Balaban J connectivity index is 0.000000185. The first-order valence-electron chi connectivity index (χ1n) is 12.9. The summed E-state index contributed by atoms with van der Waals surface area (Å²) >= 11 is 0. The first-order chi connectivity index (χ1) is 19.3. The molecule has 3 heterocycles. The Morgan fingerprint density at radius 1 is 1.00 bits per heavy atom. The number of carboxylic acid groups (broad SMARTS) is 1. The van der Waals surface area contributed by atoms with Gasteiger partial charge in [-0.05, 0) is 25.0 Å². The molecule has 40 heavy (non-hydrogen) atoms. The van der Waals surface area contributed by atoms with E-state index in [4.69, 9.17) is 5.11 Å². The minimum Gasteiger partial charge on any atom is -0.481 e. The third-order valence-electron chi connectivity index (χ3n) is 6.73. The molecule has 204 valence electrons. The maximum absolute atomic E-state index is 11.9. The van der Waals surface area contributed by atoms with Crippen molar-refractivity contribution >= 4 is 17.8 Å². The van der Waals surface area contributed by atoms with Crippen LogP contribution in [0.5, 0.6) is 0 Å². The molecule has 1 saturated heterocycles. The van der Waals surface area contributed by atoms with Gasteiger partial charge in [-0.2, -0.15) is 15.5 Å². The predicted molar refractivity (Wildman–Crippen MR) is 148 cm³/mol. The molecule has 4 aromatic rings. The molecule has 0 saturated carbocycles. The summed E-state index contributed by atoms with van der Waals surface area (Å²) in [5, 5.41) is 29.2. The molecule has 10 nitrogen and oxygen atoms in total. The third-order valence-corrected chi connectivity index (χ3v) is 6.73. The highest BCUT2D eigenvalue weighted by atomic mass is 16.4. The van der Waals surface area contributed by atoms with Gasteiger partial charge in [-0.15, -0.1) is 0 Å². The number of aliphatic carboxylic acids is 1. The second-order valence-electron chi connectivity index (χ2n) is 9.51. The fourth-order valence-electron chi connectivity index (χ4n) is 4.64. The number of piperidine rings is 1. The summed E-state index contributed by atoms with van der Waals surface area (Å²) in [5.74, 6) is -2.08. The number of aromatic nitrogens is 4. The van der Waals surface area contributed by atoms with Crippen molar-refractivity contribution in [2.75, 3.05) is 0 Å². The van der Waals surface area contributed by atoms with Crippen molar-refractivity contribution in [2.24, 2.45) is 14.1 Å². The standard InChI is InChI=1S/2C15H15N3O2/c1-18-13(11-7-8-14(19)16-15(11)20)9-12(17-18)10-5-3-2-4-6-10;1-18-14(12(10-16)7-8-15(19)20)9-13(17-18)11-5-3-2-4-6-11/h2-6,9,11H,7-8H2,1H3,(H,16,19,20);2-6,9,12H,7-8H2,1H3,(H,19,20). The maximum atomic E-state index is 11.9. The van der Waals surface area contributed by atoms with Gasteiger partial charge in [-0.3, -0.25) is 29.1 Å². The maximum Gasteiger partial charge on any atom is 0.303 e. The summed E-state index contributed by atoms with van der Waals surface area (Å²) in [6.45, 7) is 0. The summed E-state index contributed by atoms with van der Waals surface area (Å²) in [7, 11) is 3.60. The quantitative estimate of drug-likeness (QED) is 0.336. The Morgan fingerprint density at radius 2 is 1.57 bits per heavy atom. The Hall–Kier alpha value is -5.04. The molecule has 10 heteroatoms. The number of hydrogen-bond acceptors (Lipinski definition) is 6. The fourth-order valence-corrected chi connectivity index (χ4v) is 4.64. The van der Waals surface area contributed by atoms with E-state index in [-0.39, 0.29) is 24.2 Å². The van der Waals surface area contributed by atoms with E-state index in [1.807, 2.05) is 79.8 Å². The van der Waals surface area contributed by atoms with Crippen LogP contribution in [0.25, 0.3) is 22.5 Å². The van der Waals surface area contributed by atoms with Crippen molar-refractivity contribution < 1.29 is 19.5 Å². The van der Waals surface area contributed by atoms with Crippen LogP contribution in [0.15, 0.2) is 72.8 Å². The lowest BCUT2D eigenvalue weighted by Crippen LogP contribution is -2.40. The Bertz CT molecular complexity index is 1540. The molecule has 5 rings (SSSR count). The average molecular weight is 539 g/mol. The molecule has 0 bridgehead atoms. The second-order valence-corrected chi connectivity index (χ2v) is 9.51. The van der Waals surface area contributed by atoms with Crippen LogP contribution in [-0.4, -0.2) is 42.5 Å². The first kappa shape index (κ1) is 28.0. The van der Waals surface area contributed by atoms with Crippen LogP contribution in [0, 0.1) is 11.3 Å². The minimum absolute atomic E-state index is 0.0237. The van der Waals surface area contributed by atoms with E-state index in [1.54, 1.807) is 16.4 Å². The van der Waals surface area contributed by atoms with Gasteiger partial charge < -0.3 is 5.11 Å². The Labute approximate surface area is 231 Å². The second kappa shape index (κ2) is 12.7. The smallest absolute Gasteiger partial charge is 0.303 e. The van der Waals surface area contributed by atoms with E-state index < -0.39 is 11.9 Å². The van der Waals surface area contributed by atoms with Gasteiger partial charge in [0.1, 0.15) is 0 Å². The first-order valence-corrected chi connectivity index (χ1v) is 12.9. The van der Waals surface area contributed by atoms with E-state index in [0.717, 1.165) is 33.9 Å². The molecule has 0 aliphatic carbocycles. The van der Waals surface area contributed by atoms with Gasteiger partial charge in [0.15, 0.2) is 0 Å². The summed E-state index contributed by atoms with van der Waals surface area (Å²) < 4.78 is 3.38. The van der Waals surface area contributed by atoms with Crippen LogP contribution in [0.3, 0.4) is 0 Å². The highest BCUT2D eigenvalue weighted by Gasteiger charge is 2.30. The molecule has 0 radical (unpaired) electrons. The number of nitrogens with zero attached hydrogens (tertiary/aromatic N) is 5. The molecule has 2 amide bonds. The largest absolute Gasteiger partial charge is 0.481 e. The zero-order chi connectivity index (χ0) is 28.6. The van der Waals surface area contributed by atoms with Crippen LogP contribution in [0.2, 0.25) is 0 Å². The van der Waals surface area contributed by atoms with Crippen molar-refractivity contribution in [1.29, 1.82) is 5.26 Å². The normalized spacial score (nSPS) is 15.4. The molecular weight excluding hydrogens is 508 g/mol. The molecule has 1 aliphatic heterocycles. The van der Waals surface area contributed by atoms with E-state index in [9.17, 15) is 19.6 Å². The molecule has 0 spiro atoms. The number of carbonyl (C=O) groups is 3. The molecule has 2 unspecified atom stereocenters. The van der Waals surface area contributed by atoms with Gasteiger partial charge in [0.05, 0.1) is 40.7 Å². The summed E-state index contributed by atoms with van der Waals surface area (Å²) in [4.78, 5) is 33.8. The Kier molecular flexibility index (Phi) is 8.86. The van der Waals surface area contributed by atoms with Crippen LogP contribution in [0.4, 0.5) is 0 Å². The van der Waals surface area contributed by atoms with Crippen LogP contribution < -0.4 is 5.32 Å².